The van der Waals surface area contributed by atoms with Gasteiger partial charge in [0.25, 0.3) is 0 Å². The van der Waals surface area contributed by atoms with Crippen molar-refractivity contribution < 1.29 is 14.6 Å². The molecule has 4 nitrogen and oxygen atoms in total. The maximum absolute atomic E-state index is 11.7. The number of aliphatic hydroxyl groups excluding tert-OH is 1. The van der Waals surface area contributed by atoms with E-state index in [1.54, 1.807) is 18.1 Å². The van der Waals surface area contributed by atoms with Crippen LogP contribution in [0.25, 0.3) is 0 Å². The lowest BCUT2D eigenvalue weighted by Crippen LogP contribution is -2.35. The van der Waals surface area contributed by atoms with Crippen molar-refractivity contribution in [3.05, 3.63) is 12.7 Å². The van der Waals surface area contributed by atoms with E-state index < -0.39 is 0 Å². The normalized spacial score (nSPS) is 12.2. The van der Waals surface area contributed by atoms with Crippen molar-refractivity contribution in [2.75, 3.05) is 33.4 Å². The summed E-state index contributed by atoms with van der Waals surface area (Å²) in [4.78, 5) is 13.3. The summed E-state index contributed by atoms with van der Waals surface area (Å²) in [7, 11) is 1.62. The first-order valence-corrected chi connectivity index (χ1v) is 5.14. The molecule has 88 valence electrons. The van der Waals surface area contributed by atoms with Crippen LogP contribution in [0.4, 0.5) is 0 Å². The molecule has 0 aromatic rings. The third-order valence-electron chi connectivity index (χ3n) is 2.05. The van der Waals surface area contributed by atoms with Gasteiger partial charge in [-0.25, -0.2) is 0 Å². The average Bonchev–Trinajstić information content (AvgIpc) is 2.17. The minimum absolute atomic E-state index is 0.0156. The molecule has 0 fully saturated rings. The molecule has 0 aromatic heterocycles. The number of hydrogen-bond acceptors (Lipinski definition) is 3. The number of ether oxygens (including phenoxy) is 1. The molecule has 4 heteroatoms. The van der Waals surface area contributed by atoms with Crippen LogP contribution in [0.15, 0.2) is 12.7 Å². The Labute approximate surface area is 91.5 Å². The molecule has 0 rings (SSSR count). The van der Waals surface area contributed by atoms with Gasteiger partial charge in [-0.3, -0.25) is 4.79 Å². The van der Waals surface area contributed by atoms with E-state index >= 15 is 0 Å². The second-order valence-electron chi connectivity index (χ2n) is 3.62. The van der Waals surface area contributed by atoms with E-state index in [9.17, 15) is 4.79 Å². The van der Waals surface area contributed by atoms with Crippen LogP contribution in [0, 0.1) is 5.92 Å². The molecule has 15 heavy (non-hydrogen) atoms. The Morgan fingerprint density at radius 3 is 2.80 bits per heavy atom. The summed E-state index contributed by atoms with van der Waals surface area (Å²) in [5.74, 6) is 0.238. The number of rotatable bonds is 8. The van der Waals surface area contributed by atoms with Gasteiger partial charge in [0, 0.05) is 33.2 Å². The van der Waals surface area contributed by atoms with Gasteiger partial charge in [0.1, 0.15) is 0 Å². The minimum atomic E-state index is -0.0156. The van der Waals surface area contributed by atoms with Crippen molar-refractivity contribution in [3.63, 3.8) is 0 Å². The number of carbonyl (C=O) groups excluding carboxylic acids is 1. The highest BCUT2D eigenvalue weighted by Gasteiger charge is 2.14. The van der Waals surface area contributed by atoms with Crippen molar-refractivity contribution >= 4 is 5.91 Å². The van der Waals surface area contributed by atoms with Crippen molar-refractivity contribution in [1.29, 1.82) is 0 Å². The number of carbonyl (C=O) groups is 1. The van der Waals surface area contributed by atoms with Crippen LogP contribution in [0.5, 0.6) is 0 Å². The molecule has 1 N–H and O–H groups in total. The fraction of sp³-hybridized carbons (Fsp3) is 0.727. The Morgan fingerprint density at radius 1 is 1.67 bits per heavy atom. The monoisotopic (exact) mass is 215 g/mol. The lowest BCUT2D eigenvalue weighted by atomic mass is 10.1. The average molecular weight is 215 g/mol. The standard InChI is InChI=1S/C11H21NO3/c1-4-5-12(6-7-13)11(14)8-10(2)9-15-3/h4,10,13H,1,5-9H2,2-3H3. The minimum Gasteiger partial charge on any atom is -0.395 e. The van der Waals surface area contributed by atoms with E-state index in [1.807, 2.05) is 6.92 Å². The topological polar surface area (TPSA) is 49.8 Å². The van der Waals surface area contributed by atoms with E-state index in [0.29, 0.717) is 26.1 Å². The quantitative estimate of drug-likeness (QED) is 0.605. The van der Waals surface area contributed by atoms with E-state index in [4.69, 9.17) is 9.84 Å². The molecule has 0 aromatic carbocycles. The molecule has 0 bridgehead atoms. The van der Waals surface area contributed by atoms with Gasteiger partial charge in [-0.05, 0) is 5.92 Å². The van der Waals surface area contributed by atoms with Crippen LogP contribution in [0.2, 0.25) is 0 Å². The predicted octanol–water partition coefficient (Wildman–Crippen LogP) is 0.666. The van der Waals surface area contributed by atoms with Crippen LogP contribution in [-0.2, 0) is 9.53 Å². The maximum Gasteiger partial charge on any atom is 0.223 e. The van der Waals surface area contributed by atoms with Crippen molar-refractivity contribution in [3.8, 4) is 0 Å². The molecule has 0 heterocycles. The lowest BCUT2D eigenvalue weighted by molar-refractivity contribution is -0.132. The Hall–Kier alpha value is -0.870. The number of amides is 1. The summed E-state index contributed by atoms with van der Waals surface area (Å²) in [6.45, 7) is 6.96. The summed E-state index contributed by atoms with van der Waals surface area (Å²) in [6, 6.07) is 0. The highest BCUT2D eigenvalue weighted by molar-refractivity contribution is 5.76. The SMILES string of the molecule is C=CCN(CCO)C(=O)CC(C)COC. The summed E-state index contributed by atoms with van der Waals surface area (Å²) >= 11 is 0. The van der Waals surface area contributed by atoms with Crippen LogP contribution in [-0.4, -0.2) is 49.3 Å². The lowest BCUT2D eigenvalue weighted by Gasteiger charge is -2.21. The molecular formula is C11H21NO3. The molecule has 1 unspecified atom stereocenters. The van der Waals surface area contributed by atoms with Crippen LogP contribution in [0.3, 0.4) is 0 Å². The molecule has 1 amide bonds. The molecule has 0 saturated carbocycles. The fourth-order valence-electron chi connectivity index (χ4n) is 1.36. The summed E-state index contributed by atoms with van der Waals surface area (Å²) in [5, 5.41) is 8.80. The first-order chi connectivity index (χ1) is 7.15. The fourth-order valence-corrected chi connectivity index (χ4v) is 1.36. The summed E-state index contributed by atoms with van der Waals surface area (Å²) in [5.41, 5.74) is 0. The zero-order valence-electron chi connectivity index (χ0n) is 9.61. The Bertz CT molecular complexity index is 194. The van der Waals surface area contributed by atoms with Crippen LogP contribution in [0.1, 0.15) is 13.3 Å². The molecule has 1 atom stereocenters. The Balaban J connectivity index is 4.05. The second-order valence-corrected chi connectivity index (χ2v) is 3.62. The van der Waals surface area contributed by atoms with E-state index in [-0.39, 0.29) is 18.4 Å². The Morgan fingerprint density at radius 2 is 2.33 bits per heavy atom. The van der Waals surface area contributed by atoms with Gasteiger partial charge in [-0.2, -0.15) is 0 Å². The first kappa shape index (κ1) is 14.1. The predicted molar refractivity (Wildman–Crippen MR) is 59.5 cm³/mol. The zero-order chi connectivity index (χ0) is 11.7. The van der Waals surface area contributed by atoms with E-state index in [0.717, 1.165) is 0 Å². The number of hydrogen-bond donors (Lipinski definition) is 1. The van der Waals surface area contributed by atoms with Crippen molar-refractivity contribution in [2.45, 2.75) is 13.3 Å². The van der Waals surface area contributed by atoms with Gasteiger partial charge in [0.05, 0.1) is 6.61 Å². The summed E-state index contributed by atoms with van der Waals surface area (Å²) in [6.07, 6.45) is 2.11. The van der Waals surface area contributed by atoms with Crippen LogP contribution < -0.4 is 0 Å². The van der Waals surface area contributed by atoms with Crippen molar-refractivity contribution in [2.24, 2.45) is 5.92 Å². The third-order valence-corrected chi connectivity index (χ3v) is 2.05. The number of nitrogens with zero attached hydrogens (tertiary/aromatic N) is 1. The molecule has 0 saturated heterocycles. The molecule has 0 aliphatic heterocycles. The van der Waals surface area contributed by atoms with Gasteiger partial charge < -0.3 is 14.7 Å². The van der Waals surface area contributed by atoms with Crippen LogP contribution >= 0.6 is 0 Å². The third kappa shape index (κ3) is 6.25. The van der Waals surface area contributed by atoms with Crippen molar-refractivity contribution in [1.82, 2.24) is 4.90 Å². The highest BCUT2D eigenvalue weighted by atomic mass is 16.5. The van der Waals surface area contributed by atoms with Gasteiger partial charge in [0.2, 0.25) is 5.91 Å². The van der Waals surface area contributed by atoms with Gasteiger partial charge >= 0.3 is 0 Å². The molecule has 0 aliphatic rings. The highest BCUT2D eigenvalue weighted by Crippen LogP contribution is 2.05. The number of aliphatic hydroxyl groups is 1. The smallest absolute Gasteiger partial charge is 0.223 e. The maximum atomic E-state index is 11.7. The van der Waals surface area contributed by atoms with E-state index in [2.05, 4.69) is 6.58 Å². The Kier molecular flexibility index (Phi) is 7.95. The van der Waals surface area contributed by atoms with E-state index in [1.165, 1.54) is 0 Å². The second kappa shape index (κ2) is 8.44. The van der Waals surface area contributed by atoms with Gasteiger partial charge in [0.15, 0.2) is 0 Å². The van der Waals surface area contributed by atoms with Gasteiger partial charge in [-0.1, -0.05) is 13.0 Å². The molecule has 0 radical (unpaired) electrons. The number of methoxy groups -OCH3 is 1. The largest absolute Gasteiger partial charge is 0.395 e. The first-order valence-electron chi connectivity index (χ1n) is 5.14. The summed E-state index contributed by atoms with van der Waals surface area (Å²) < 4.78 is 4.96. The zero-order valence-corrected chi connectivity index (χ0v) is 9.61. The van der Waals surface area contributed by atoms with Gasteiger partial charge in [-0.15, -0.1) is 6.58 Å². The molecule has 0 aliphatic carbocycles. The molecule has 0 spiro atoms. The molecular weight excluding hydrogens is 194 g/mol.